The highest BCUT2D eigenvalue weighted by atomic mass is 16.2. The van der Waals surface area contributed by atoms with Gasteiger partial charge in [-0.3, -0.25) is 14.5 Å². The highest BCUT2D eigenvalue weighted by Crippen LogP contribution is 2.31. The Hall–Kier alpha value is -2.18. The summed E-state index contributed by atoms with van der Waals surface area (Å²) < 4.78 is 0. The third-order valence-electron chi connectivity index (χ3n) is 6.97. The smallest absolute Gasteiger partial charge is 0.246 e. The van der Waals surface area contributed by atoms with Gasteiger partial charge in [0.05, 0.1) is 6.04 Å². The number of piperazine rings is 1. The number of likely N-dealkylation sites (N-methyl/N-ethyl adjacent to an activating group) is 1. The number of rotatable bonds is 10. The zero-order valence-corrected chi connectivity index (χ0v) is 19.8. The largest absolute Gasteiger partial charge is 0.353 e. The van der Waals surface area contributed by atoms with Gasteiger partial charge in [0.25, 0.3) is 0 Å². The number of carbonyl (C=O) groups is 2. The number of hydrogen-bond donors (Lipinski definition) is 1. The van der Waals surface area contributed by atoms with Crippen molar-refractivity contribution in [2.75, 3.05) is 52.4 Å². The van der Waals surface area contributed by atoms with Crippen molar-refractivity contribution in [2.24, 2.45) is 5.92 Å². The van der Waals surface area contributed by atoms with Crippen molar-refractivity contribution >= 4 is 17.9 Å². The molecule has 0 bridgehead atoms. The number of benzene rings is 1. The van der Waals surface area contributed by atoms with Gasteiger partial charge < -0.3 is 15.1 Å². The summed E-state index contributed by atoms with van der Waals surface area (Å²) in [7, 11) is 0. The molecule has 2 aliphatic rings. The lowest BCUT2D eigenvalue weighted by Gasteiger charge is -2.40. The lowest BCUT2D eigenvalue weighted by Crippen LogP contribution is -2.58. The van der Waals surface area contributed by atoms with Crippen molar-refractivity contribution < 1.29 is 9.59 Å². The van der Waals surface area contributed by atoms with Gasteiger partial charge in [-0.15, -0.1) is 0 Å². The van der Waals surface area contributed by atoms with E-state index in [9.17, 15) is 9.59 Å². The van der Waals surface area contributed by atoms with Gasteiger partial charge in [0.2, 0.25) is 11.8 Å². The van der Waals surface area contributed by atoms with Crippen LogP contribution in [0, 0.1) is 5.92 Å². The third-order valence-corrected chi connectivity index (χ3v) is 6.97. The summed E-state index contributed by atoms with van der Waals surface area (Å²) in [5.74, 6) is 0.658. The lowest BCUT2D eigenvalue weighted by atomic mass is 9.95. The Kier molecular flexibility index (Phi) is 9.75. The van der Waals surface area contributed by atoms with E-state index in [1.54, 1.807) is 6.08 Å². The second-order valence-corrected chi connectivity index (χ2v) is 8.91. The van der Waals surface area contributed by atoms with E-state index < -0.39 is 0 Å². The van der Waals surface area contributed by atoms with E-state index in [0.29, 0.717) is 25.6 Å². The zero-order chi connectivity index (χ0) is 22.8. The molecule has 1 aromatic carbocycles. The quantitative estimate of drug-likeness (QED) is 0.569. The van der Waals surface area contributed by atoms with E-state index in [2.05, 4.69) is 29.0 Å². The molecule has 2 fully saturated rings. The first-order valence-corrected chi connectivity index (χ1v) is 12.4. The maximum Gasteiger partial charge on any atom is 0.246 e. The predicted octanol–water partition coefficient (Wildman–Crippen LogP) is 2.86. The number of nitrogens with one attached hydrogen (secondary N) is 1. The molecule has 1 saturated carbocycles. The third kappa shape index (κ3) is 6.91. The Morgan fingerprint density at radius 1 is 1.06 bits per heavy atom. The van der Waals surface area contributed by atoms with Crippen LogP contribution in [0.3, 0.4) is 0 Å². The van der Waals surface area contributed by atoms with Crippen molar-refractivity contribution in [3.8, 4) is 0 Å². The van der Waals surface area contributed by atoms with E-state index in [-0.39, 0.29) is 17.9 Å². The summed E-state index contributed by atoms with van der Waals surface area (Å²) in [4.78, 5) is 32.4. The number of carbonyl (C=O) groups excluding carboxylic acids is 2. The normalized spacial score (nSPS) is 19.0. The molecule has 1 aliphatic carbocycles. The zero-order valence-electron chi connectivity index (χ0n) is 19.8. The van der Waals surface area contributed by atoms with E-state index in [4.69, 9.17) is 0 Å². The molecule has 0 spiro atoms. The minimum atomic E-state index is -0.0636. The highest BCUT2D eigenvalue weighted by molar-refractivity contribution is 5.91. The van der Waals surface area contributed by atoms with Gasteiger partial charge in [0.15, 0.2) is 0 Å². The van der Waals surface area contributed by atoms with Crippen LogP contribution in [0.25, 0.3) is 6.08 Å². The van der Waals surface area contributed by atoms with Crippen LogP contribution < -0.4 is 5.32 Å². The molecule has 0 unspecified atom stereocenters. The monoisotopic (exact) mass is 440 g/mol. The second-order valence-electron chi connectivity index (χ2n) is 8.91. The minimum Gasteiger partial charge on any atom is -0.353 e. The maximum atomic E-state index is 13.2. The molecule has 1 saturated heterocycles. The SMILES string of the molecule is CCN(CC)CCNC(=O)[C@H](C1CCCC1)N1CCN(C(=O)/C=C/c2ccccc2)CC1. The van der Waals surface area contributed by atoms with Crippen molar-refractivity contribution in [2.45, 2.75) is 45.6 Å². The molecule has 0 aromatic heterocycles. The molecule has 0 radical (unpaired) electrons. The second kappa shape index (κ2) is 12.8. The summed E-state index contributed by atoms with van der Waals surface area (Å²) in [5.41, 5.74) is 1.03. The first-order chi connectivity index (χ1) is 15.6. The molecular weight excluding hydrogens is 400 g/mol. The fraction of sp³-hybridized carbons (Fsp3) is 0.615. The standard InChI is InChI=1S/C26H40N4O2/c1-3-28(4-2)17-16-27-26(32)25(23-12-8-9-13-23)30-20-18-29(19-21-30)24(31)15-14-22-10-6-5-7-11-22/h5-7,10-11,14-15,23,25H,3-4,8-9,12-13,16-21H2,1-2H3,(H,27,32)/b15-14+/t25-/m0/s1. The summed E-state index contributed by atoms with van der Waals surface area (Å²) >= 11 is 0. The molecule has 1 N–H and O–H groups in total. The van der Waals surface area contributed by atoms with E-state index in [1.165, 1.54) is 12.8 Å². The molecular formula is C26H40N4O2. The Morgan fingerprint density at radius 3 is 2.34 bits per heavy atom. The molecule has 6 heteroatoms. The molecule has 1 heterocycles. The first kappa shape index (κ1) is 24.5. The Bertz CT molecular complexity index is 733. The summed E-state index contributed by atoms with van der Waals surface area (Å²) in [6.07, 6.45) is 8.24. The minimum absolute atomic E-state index is 0.0505. The Morgan fingerprint density at radius 2 is 1.72 bits per heavy atom. The van der Waals surface area contributed by atoms with Crippen LogP contribution in [0.15, 0.2) is 36.4 Å². The fourth-order valence-electron chi connectivity index (χ4n) is 4.99. The summed E-state index contributed by atoms with van der Waals surface area (Å²) in [6.45, 7) is 10.8. The van der Waals surface area contributed by atoms with Crippen LogP contribution >= 0.6 is 0 Å². The Labute approximate surface area is 193 Å². The lowest BCUT2D eigenvalue weighted by molar-refractivity contribution is -0.132. The topological polar surface area (TPSA) is 55.9 Å². The first-order valence-electron chi connectivity index (χ1n) is 12.4. The van der Waals surface area contributed by atoms with Crippen LogP contribution in [-0.2, 0) is 9.59 Å². The van der Waals surface area contributed by atoms with Crippen LogP contribution in [0.1, 0.15) is 45.1 Å². The summed E-state index contributed by atoms with van der Waals surface area (Å²) in [6, 6.07) is 9.84. The van der Waals surface area contributed by atoms with Crippen LogP contribution in [0.2, 0.25) is 0 Å². The van der Waals surface area contributed by atoms with Crippen molar-refractivity contribution in [1.82, 2.24) is 20.0 Å². The van der Waals surface area contributed by atoms with Gasteiger partial charge in [-0.1, -0.05) is 57.0 Å². The molecule has 176 valence electrons. The number of nitrogens with zero attached hydrogens (tertiary/aromatic N) is 3. The van der Waals surface area contributed by atoms with Crippen molar-refractivity contribution in [1.29, 1.82) is 0 Å². The molecule has 1 aromatic rings. The van der Waals surface area contributed by atoms with E-state index in [0.717, 1.165) is 51.1 Å². The van der Waals surface area contributed by atoms with Crippen LogP contribution in [0.5, 0.6) is 0 Å². The van der Waals surface area contributed by atoms with Gasteiger partial charge in [-0.05, 0) is 43.5 Å². The van der Waals surface area contributed by atoms with E-state index in [1.807, 2.05) is 41.3 Å². The molecule has 1 aliphatic heterocycles. The fourth-order valence-corrected chi connectivity index (χ4v) is 4.99. The van der Waals surface area contributed by atoms with Gasteiger partial charge in [-0.25, -0.2) is 0 Å². The molecule has 6 nitrogen and oxygen atoms in total. The molecule has 2 amide bonds. The van der Waals surface area contributed by atoms with Gasteiger partial charge in [0.1, 0.15) is 0 Å². The van der Waals surface area contributed by atoms with Gasteiger partial charge >= 0.3 is 0 Å². The highest BCUT2D eigenvalue weighted by Gasteiger charge is 2.37. The molecule has 3 rings (SSSR count). The maximum absolute atomic E-state index is 13.2. The van der Waals surface area contributed by atoms with Gasteiger partial charge in [-0.2, -0.15) is 0 Å². The number of hydrogen-bond acceptors (Lipinski definition) is 4. The molecule has 32 heavy (non-hydrogen) atoms. The van der Waals surface area contributed by atoms with Crippen molar-refractivity contribution in [3.63, 3.8) is 0 Å². The van der Waals surface area contributed by atoms with Crippen LogP contribution in [-0.4, -0.2) is 84.9 Å². The summed E-state index contributed by atoms with van der Waals surface area (Å²) in [5, 5.41) is 3.21. The van der Waals surface area contributed by atoms with Crippen molar-refractivity contribution in [3.05, 3.63) is 42.0 Å². The average molecular weight is 441 g/mol. The number of amides is 2. The predicted molar refractivity (Wildman–Crippen MR) is 130 cm³/mol. The average Bonchev–Trinajstić information content (AvgIpc) is 3.36. The van der Waals surface area contributed by atoms with E-state index >= 15 is 0 Å². The molecule has 1 atom stereocenters. The van der Waals surface area contributed by atoms with Crippen LogP contribution in [0.4, 0.5) is 0 Å². The Balaban J connectivity index is 1.53. The van der Waals surface area contributed by atoms with Gasteiger partial charge in [0, 0.05) is 45.3 Å².